The number of carbonyl (C=O) groups is 2. The number of hydrazine groups is 1. The molecule has 0 unspecified atom stereocenters. The molecule has 1 aliphatic carbocycles. The van der Waals surface area contributed by atoms with Gasteiger partial charge in [0.15, 0.2) is 0 Å². The summed E-state index contributed by atoms with van der Waals surface area (Å²) in [5, 5.41) is 13.1. The fourth-order valence-electron chi connectivity index (χ4n) is 2.91. The van der Waals surface area contributed by atoms with Gasteiger partial charge in [-0.15, -0.1) is 0 Å². The van der Waals surface area contributed by atoms with Crippen LogP contribution >= 0.6 is 0 Å². The first-order valence-electron chi connectivity index (χ1n) is 8.22. The minimum absolute atomic E-state index is 0.0920. The summed E-state index contributed by atoms with van der Waals surface area (Å²) in [6, 6.07) is 7.11. The second-order valence-corrected chi connectivity index (χ2v) is 6.37. The number of aliphatic hydroxyl groups is 1. The van der Waals surface area contributed by atoms with E-state index in [1.807, 2.05) is 0 Å². The summed E-state index contributed by atoms with van der Waals surface area (Å²) in [5.74, 6) is -0.386. The Kier molecular flexibility index (Phi) is 5.98. The summed E-state index contributed by atoms with van der Waals surface area (Å²) in [4.78, 5) is 23.0. The molecule has 1 fully saturated rings. The Morgan fingerprint density at radius 3 is 2.33 bits per heavy atom. The number of nitrogens with one attached hydrogen (secondary N) is 3. The molecule has 6 heteroatoms. The van der Waals surface area contributed by atoms with Crippen molar-refractivity contribution in [2.24, 2.45) is 0 Å². The molecule has 0 aromatic heterocycles. The van der Waals surface area contributed by atoms with Gasteiger partial charge in [0.25, 0.3) is 0 Å². The van der Waals surface area contributed by atoms with Crippen molar-refractivity contribution in [1.29, 1.82) is 0 Å². The van der Waals surface area contributed by atoms with Crippen LogP contribution in [0.1, 0.15) is 51.0 Å². The van der Waals surface area contributed by atoms with Crippen molar-refractivity contribution in [1.82, 2.24) is 10.9 Å². The van der Waals surface area contributed by atoms with Crippen LogP contribution in [0.3, 0.4) is 0 Å². The topological polar surface area (TPSA) is 90.5 Å². The number of hydrogen-bond acceptors (Lipinski definition) is 4. The van der Waals surface area contributed by atoms with Gasteiger partial charge in [0.1, 0.15) is 0 Å². The minimum atomic E-state index is -0.884. The Morgan fingerprint density at radius 1 is 1.12 bits per heavy atom. The number of rotatable bonds is 6. The molecule has 0 aliphatic heterocycles. The molecule has 0 spiro atoms. The van der Waals surface area contributed by atoms with Gasteiger partial charge < -0.3 is 10.4 Å². The summed E-state index contributed by atoms with van der Waals surface area (Å²) < 4.78 is 0. The van der Waals surface area contributed by atoms with E-state index in [-0.39, 0.29) is 18.2 Å². The first-order valence-corrected chi connectivity index (χ1v) is 8.22. The lowest BCUT2D eigenvalue weighted by Crippen LogP contribution is -2.42. The molecule has 0 saturated heterocycles. The van der Waals surface area contributed by atoms with Crippen LogP contribution in [0.25, 0.3) is 5.70 Å². The summed E-state index contributed by atoms with van der Waals surface area (Å²) in [7, 11) is 0. The van der Waals surface area contributed by atoms with E-state index < -0.39 is 5.60 Å². The molecule has 1 aliphatic rings. The average Bonchev–Trinajstić information content (AvgIpc) is 2.53. The van der Waals surface area contributed by atoms with Crippen LogP contribution in [0.15, 0.2) is 30.8 Å². The third kappa shape index (κ3) is 5.38. The monoisotopic (exact) mass is 331 g/mol. The first kappa shape index (κ1) is 18.0. The van der Waals surface area contributed by atoms with Crippen molar-refractivity contribution >= 4 is 23.2 Å². The van der Waals surface area contributed by atoms with Gasteiger partial charge in [-0.05, 0) is 30.5 Å². The quantitative estimate of drug-likeness (QED) is 0.602. The van der Waals surface area contributed by atoms with Crippen LogP contribution in [-0.4, -0.2) is 22.5 Å². The smallest absolute Gasteiger partial charge is 0.241 e. The maximum atomic E-state index is 12.0. The van der Waals surface area contributed by atoms with Gasteiger partial charge in [0.2, 0.25) is 11.8 Å². The largest absolute Gasteiger partial charge is 0.389 e. The molecule has 6 nitrogen and oxygen atoms in total. The zero-order valence-corrected chi connectivity index (χ0v) is 14.0. The molecule has 130 valence electrons. The molecular formula is C18H25N3O3. The van der Waals surface area contributed by atoms with Gasteiger partial charge in [-0.2, -0.15) is 0 Å². The van der Waals surface area contributed by atoms with Crippen LogP contribution in [0.2, 0.25) is 0 Å². The highest BCUT2D eigenvalue weighted by Gasteiger charge is 2.31. The molecule has 4 N–H and O–H groups in total. The Morgan fingerprint density at radius 2 is 1.75 bits per heavy atom. The van der Waals surface area contributed by atoms with E-state index in [1.54, 1.807) is 24.3 Å². The predicted molar refractivity (Wildman–Crippen MR) is 93.7 cm³/mol. The number of amides is 2. The van der Waals surface area contributed by atoms with E-state index in [0.717, 1.165) is 24.8 Å². The number of carbonyl (C=O) groups excluding carboxylic acids is 2. The Bertz CT molecular complexity index is 604. The van der Waals surface area contributed by atoms with Crippen LogP contribution in [0, 0.1) is 0 Å². The second-order valence-electron chi connectivity index (χ2n) is 6.37. The van der Waals surface area contributed by atoms with Crippen molar-refractivity contribution in [3.05, 3.63) is 36.4 Å². The molecule has 0 bridgehead atoms. The molecule has 2 amide bonds. The maximum Gasteiger partial charge on any atom is 0.241 e. The third-order valence-electron chi connectivity index (χ3n) is 4.18. The van der Waals surface area contributed by atoms with Crippen molar-refractivity contribution < 1.29 is 14.7 Å². The number of benzene rings is 1. The molecule has 24 heavy (non-hydrogen) atoms. The normalized spacial score (nSPS) is 16.1. The molecule has 1 aromatic rings. The minimum Gasteiger partial charge on any atom is -0.389 e. The number of hydrogen-bond donors (Lipinski definition) is 4. The molecule has 0 atom stereocenters. The van der Waals surface area contributed by atoms with Gasteiger partial charge in [-0.1, -0.05) is 38.0 Å². The number of anilines is 1. The van der Waals surface area contributed by atoms with E-state index in [2.05, 4.69) is 22.7 Å². The highest BCUT2D eigenvalue weighted by atomic mass is 16.3. The van der Waals surface area contributed by atoms with Crippen molar-refractivity contribution in [2.45, 2.75) is 51.0 Å². The van der Waals surface area contributed by atoms with E-state index in [1.165, 1.54) is 6.92 Å². The fourth-order valence-corrected chi connectivity index (χ4v) is 2.91. The molecular weight excluding hydrogens is 306 g/mol. The lowest BCUT2D eigenvalue weighted by molar-refractivity contribution is -0.128. The van der Waals surface area contributed by atoms with Gasteiger partial charge >= 0.3 is 0 Å². The predicted octanol–water partition coefficient (Wildman–Crippen LogP) is 2.32. The van der Waals surface area contributed by atoms with Crippen LogP contribution < -0.4 is 16.2 Å². The second kappa shape index (κ2) is 7.97. The molecule has 0 radical (unpaired) electrons. The third-order valence-corrected chi connectivity index (χ3v) is 4.18. The van der Waals surface area contributed by atoms with Crippen LogP contribution in [-0.2, 0) is 9.59 Å². The van der Waals surface area contributed by atoms with E-state index in [0.29, 0.717) is 24.2 Å². The van der Waals surface area contributed by atoms with Crippen molar-refractivity contribution in [3.63, 3.8) is 0 Å². The highest BCUT2D eigenvalue weighted by molar-refractivity contribution is 5.88. The fraction of sp³-hybridized carbons (Fsp3) is 0.444. The highest BCUT2D eigenvalue weighted by Crippen LogP contribution is 2.30. The molecule has 0 heterocycles. The lowest BCUT2D eigenvalue weighted by atomic mass is 9.82. The van der Waals surface area contributed by atoms with E-state index in [9.17, 15) is 14.7 Å². The average molecular weight is 331 g/mol. The van der Waals surface area contributed by atoms with Crippen LogP contribution in [0.4, 0.5) is 5.69 Å². The van der Waals surface area contributed by atoms with Gasteiger partial charge in [0.05, 0.1) is 17.7 Å². The molecule has 2 rings (SSSR count). The van der Waals surface area contributed by atoms with Gasteiger partial charge in [0, 0.05) is 12.6 Å². The zero-order chi connectivity index (χ0) is 17.6. The van der Waals surface area contributed by atoms with E-state index in [4.69, 9.17) is 0 Å². The SMILES string of the molecule is C=C(NNC(=O)CC1(O)CCCCC1)c1ccc(NC(C)=O)cc1. The summed E-state index contributed by atoms with van der Waals surface area (Å²) in [6.07, 6.45) is 4.48. The lowest BCUT2D eigenvalue weighted by Gasteiger charge is -2.31. The zero-order valence-electron chi connectivity index (χ0n) is 14.0. The van der Waals surface area contributed by atoms with Gasteiger partial charge in [-0.25, -0.2) is 0 Å². The van der Waals surface area contributed by atoms with Crippen molar-refractivity contribution in [3.8, 4) is 0 Å². The Balaban J connectivity index is 1.81. The Hall–Kier alpha value is -2.34. The molecule has 1 aromatic carbocycles. The van der Waals surface area contributed by atoms with Gasteiger partial charge in [-0.3, -0.25) is 20.4 Å². The summed E-state index contributed by atoms with van der Waals surface area (Å²) in [5.41, 5.74) is 6.50. The van der Waals surface area contributed by atoms with E-state index >= 15 is 0 Å². The first-order chi connectivity index (χ1) is 11.4. The summed E-state index contributed by atoms with van der Waals surface area (Å²) >= 11 is 0. The van der Waals surface area contributed by atoms with Crippen molar-refractivity contribution in [2.75, 3.05) is 5.32 Å². The van der Waals surface area contributed by atoms with Crippen LogP contribution in [0.5, 0.6) is 0 Å². The standard InChI is InChI=1S/C18H25N3O3/c1-13(15-6-8-16(9-7-15)19-14(2)22)20-21-17(23)12-18(24)10-4-3-5-11-18/h6-9,20,24H,1,3-5,10-12H2,2H3,(H,19,22)(H,21,23). The maximum absolute atomic E-state index is 12.0. The molecule has 1 saturated carbocycles. The Labute approximate surface area is 142 Å². The summed E-state index contributed by atoms with van der Waals surface area (Å²) in [6.45, 7) is 5.32.